The summed E-state index contributed by atoms with van der Waals surface area (Å²) in [5.74, 6) is 0.181. The fourth-order valence-electron chi connectivity index (χ4n) is 2.41. The predicted molar refractivity (Wildman–Crippen MR) is 113 cm³/mol. The first kappa shape index (κ1) is 21.0. The molecule has 0 fully saturated rings. The lowest BCUT2D eigenvalue weighted by Crippen LogP contribution is -2.44. The smallest absolute Gasteiger partial charge is 0.253 e. The predicted octanol–water partition coefficient (Wildman–Crippen LogP) is 4.01. The minimum Gasteiger partial charge on any atom is -0.340 e. The highest BCUT2D eigenvalue weighted by Crippen LogP contribution is 2.17. The molecule has 7 heteroatoms. The zero-order valence-electron chi connectivity index (χ0n) is 14.9. The fourth-order valence-corrected chi connectivity index (χ4v) is 3.35. The van der Waals surface area contributed by atoms with Crippen LogP contribution in [0, 0.1) is 11.3 Å². The number of hydrogen-bond acceptors (Lipinski definition) is 4. The Balaban J connectivity index is 2.07. The van der Waals surface area contributed by atoms with E-state index in [-0.39, 0.29) is 11.8 Å². The molecule has 0 spiro atoms. The molecule has 27 heavy (non-hydrogen) atoms. The fraction of sp³-hybridized carbons (Fsp3) is 0.250. The summed E-state index contributed by atoms with van der Waals surface area (Å²) in [5, 5.41) is 14.4. The van der Waals surface area contributed by atoms with Gasteiger partial charge in [-0.15, -0.1) is 0 Å². The van der Waals surface area contributed by atoms with E-state index in [0.717, 1.165) is 11.3 Å². The second kappa shape index (κ2) is 10.8. The Kier molecular flexibility index (Phi) is 8.37. The molecule has 0 aliphatic rings. The molecule has 1 unspecified atom stereocenters. The van der Waals surface area contributed by atoms with E-state index in [0.29, 0.717) is 28.6 Å². The second-order valence-corrected chi connectivity index (χ2v) is 7.65. The molecule has 0 aromatic heterocycles. The van der Waals surface area contributed by atoms with Crippen molar-refractivity contribution in [3.63, 3.8) is 0 Å². The summed E-state index contributed by atoms with van der Waals surface area (Å²) in [6.07, 6.45) is 2.81. The van der Waals surface area contributed by atoms with Crippen LogP contribution in [0.4, 0.5) is 5.69 Å². The number of carbonyl (C=O) groups excluding carboxylic acids is 2. The SMILES string of the molecule is CSCCC(NC(=O)c1ccccc1Br)C(=O)Nc1ccc(CC#N)cc1. The number of carbonyl (C=O) groups is 2. The number of anilines is 1. The molecule has 0 aliphatic carbocycles. The first-order valence-corrected chi connectivity index (χ1v) is 10.5. The molecule has 2 aromatic rings. The van der Waals surface area contributed by atoms with Crippen LogP contribution in [0.15, 0.2) is 53.0 Å². The Morgan fingerprint density at radius 3 is 2.52 bits per heavy atom. The van der Waals surface area contributed by atoms with Crippen molar-refractivity contribution in [2.45, 2.75) is 18.9 Å². The van der Waals surface area contributed by atoms with Gasteiger partial charge in [-0.25, -0.2) is 0 Å². The molecular formula is C20H20BrN3O2S. The molecule has 0 bridgehead atoms. The highest BCUT2D eigenvalue weighted by Gasteiger charge is 2.22. The standard InChI is InChI=1S/C20H20BrN3O2S/c1-27-13-11-18(24-19(25)16-4-2-3-5-17(16)21)20(26)23-15-8-6-14(7-9-15)10-12-22/h2-9,18H,10-11,13H2,1H3,(H,23,26)(H,24,25). The van der Waals surface area contributed by atoms with Crippen LogP contribution in [0.25, 0.3) is 0 Å². The lowest BCUT2D eigenvalue weighted by Gasteiger charge is -2.19. The summed E-state index contributed by atoms with van der Waals surface area (Å²) in [7, 11) is 0. The number of rotatable bonds is 8. The minimum atomic E-state index is -0.643. The molecule has 1 atom stereocenters. The number of nitriles is 1. The Labute approximate surface area is 171 Å². The average molecular weight is 446 g/mol. The quantitative estimate of drug-likeness (QED) is 0.642. The van der Waals surface area contributed by atoms with Crippen LogP contribution in [0.3, 0.4) is 0 Å². The van der Waals surface area contributed by atoms with E-state index in [9.17, 15) is 9.59 Å². The third-order valence-electron chi connectivity index (χ3n) is 3.86. The van der Waals surface area contributed by atoms with E-state index >= 15 is 0 Å². The van der Waals surface area contributed by atoms with Gasteiger partial charge >= 0.3 is 0 Å². The molecular weight excluding hydrogens is 426 g/mol. The van der Waals surface area contributed by atoms with Gasteiger partial charge in [-0.2, -0.15) is 17.0 Å². The van der Waals surface area contributed by atoms with Gasteiger partial charge in [0.1, 0.15) is 6.04 Å². The highest BCUT2D eigenvalue weighted by molar-refractivity contribution is 9.10. The maximum Gasteiger partial charge on any atom is 0.253 e. The van der Waals surface area contributed by atoms with Crippen LogP contribution in [0.1, 0.15) is 22.3 Å². The molecule has 2 aromatic carbocycles. The number of nitrogens with one attached hydrogen (secondary N) is 2. The number of nitrogens with zero attached hydrogens (tertiary/aromatic N) is 1. The number of halogens is 1. The molecule has 0 heterocycles. The van der Waals surface area contributed by atoms with Crippen molar-refractivity contribution in [1.29, 1.82) is 5.26 Å². The zero-order valence-corrected chi connectivity index (χ0v) is 17.3. The monoisotopic (exact) mass is 445 g/mol. The van der Waals surface area contributed by atoms with E-state index in [1.807, 2.05) is 12.3 Å². The Bertz CT molecular complexity index is 834. The van der Waals surface area contributed by atoms with Gasteiger partial charge < -0.3 is 10.6 Å². The van der Waals surface area contributed by atoms with Crippen LogP contribution < -0.4 is 10.6 Å². The first-order chi connectivity index (χ1) is 13.0. The number of thioether (sulfide) groups is 1. The van der Waals surface area contributed by atoms with Crippen molar-refractivity contribution >= 4 is 45.2 Å². The Hall–Kier alpha value is -2.30. The van der Waals surface area contributed by atoms with Gasteiger partial charge in [0.25, 0.3) is 5.91 Å². The lowest BCUT2D eigenvalue weighted by atomic mass is 10.1. The van der Waals surface area contributed by atoms with Gasteiger partial charge in [-0.05, 0) is 64.2 Å². The number of benzene rings is 2. The van der Waals surface area contributed by atoms with Crippen molar-refractivity contribution in [1.82, 2.24) is 5.32 Å². The summed E-state index contributed by atoms with van der Waals surface area (Å²) in [6.45, 7) is 0. The lowest BCUT2D eigenvalue weighted by molar-refractivity contribution is -0.118. The van der Waals surface area contributed by atoms with Gasteiger partial charge in [0.15, 0.2) is 0 Å². The molecule has 0 saturated carbocycles. The van der Waals surface area contributed by atoms with E-state index in [2.05, 4.69) is 32.6 Å². The van der Waals surface area contributed by atoms with Crippen LogP contribution in [-0.4, -0.2) is 29.9 Å². The van der Waals surface area contributed by atoms with Gasteiger partial charge in [0, 0.05) is 10.2 Å². The molecule has 2 rings (SSSR count). The Morgan fingerprint density at radius 2 is 1.89 bits per heavy atom. The molecule has 0 radical (unpaired) electrons. The van der Waals surface area contributed by atoms with Crippen molar-refractivity contribution in [2.24, 2.45) is 0 Å². The van der Waals surface area contributed by atoms with Gasteiger partial charge in [-0.3, -0.25) is 9.59 Å². The Morgan fingerprint density at radius 1 is 1.19 bits per heavy atom. The van der Waals surface area contributed by atoms with Gasteiger partial charge in [0.05, 0.1) is 18.1 Å². The van der Waals surface area contributed by atoms with E-state index in [1.54, 1.807) is 54.2 Å². The molecule has 0 saturated heterocycles. The maximum absolute atomic E-state index is 12.7. The molecule has 0 aliphatic heterocycles. The third-order valence-corrected chi connectivity index (χ3v) is 5.19. The molecule has 5 nitrogen and oxygen atoms in total. The molecule has 2 amide bonds. The highest BCUT2D eigenvalue weighted by atomic mass is 79.9. The van der Waals surface area contributed by atoms with Gasteiger partial charge in [0.2, 0.25) is 5.91 Å². The van der Waals surface area contributed by atoms with Gasteiger partial charge in [-0.1, -0.05) is 24.3 Å². The third kappa shape index (κ3) is 6.42. The largest absolute Gasteiger partial charge is 0.340 e. The van der Waals surface area contributed by atoms with Crippen molar-refractivity contribution in [3.05, 3.63) is 64.1 Å². The van der Waals surface area contributed by atoms with Crippen molar-refractivity contribution in [3.8, 4) is 6.07 Å². The van der Waals surface area contributed by atoms with E-state index in [4.69, 9.17) is 5.26 Å². The van der Waals surface area contributed by atoms with E-state index in [1.165, 1.54) is 0 Å². The second-order valence-electron chi connectivity index (χ2n) is 5.81. The number of amides is 2. The maximum atomic E-state index is 12.7. The summed E-state index contributed by atoms with van der Waals surface area (Å²) >= 11 is 4.98. The normalized spacial score (nSPS) is 11.3. The van der Waals surface area contributed by atoms with Crippen LogP contribution in [0.5, 0.6) is 0 Å². The topological polar surface area (TPSA) is 82.0 Å². The number of hydrogen-bond donors (Lipinski definition) is 2. The first-order valence-electron chi connectivity index (χ1n) is 8.36. The molecule has 140 valence electrons. The minimum absolute atomic E-state index is 0.266. The van der Waals surface area contributed by atoms with Crippen molar-refractivity contribution in [2.75, 3.05) is 17.3 Å². The summed E-state index contributed by atoms with van der Waals surface area (Å²) in [4.78, 5) is 25.2. The molecule has 2 N–H and O–H groups in total. The van der Waals surface area contributed by atoms with E-state index < -0.39 is 6.04 Å². The van der Waals surface area contributed by atoms with Crippen molar-refractivity contribution < 1.29 is 9.59 Å². The summed E-state index contributed by atoms with van der Waals surface area (Å²) in [6, 6.07) is 15.7. The average Bonchev–Trinajstić information content (AvgIpc) is 2.67. The van der Waals surface area contributed by atoms with Crippen LogP contribution in [-0.2, 0) is 11.2 Å². The summed E-state index contributed by atoms with van der Waals surface area (Å²) < 4.78 is 0.680. The van der Waals surface area contributed by atoms with Crippen LogP contribution >= 0.6 is 27.7 Å². The van der Waals surface area contributed by atoms with Crippen LogP contribution in [0.2, 0.25) is 0 Å². The summed E-state index contributed by atoms with van der Waals surface area (Å²) in [5.41, 5.74) is 2.00. The zero-order chi connectivity index (χ0) is 19.6.